The van der Waals surface area contributed by atoms with Crippen LogP contribution in [0.1, 0.15) is 11.1 Å². The number of benzene rings is 2. The van der Waals surface area contributed by atoms with Crippen LogP contribution in [0.3, 0.4) is 0 Å². The summed E-state index contributed by atoms with van der Waals surface area (Å²) in [5, 5.41) is 12.0. The highest BCUT2D eigenvalue weighted by atomic mass is 16.6. The topological polar surface area (TPSA) is 71.4 Å². The monoisotopic (exact) mass is 320 g/mol. The molecule has 0 saturated heterocycles. The molecule has 0 radical (unpaired) electrons. The first-order valence-corrected chi connectivity index (χ1v) is 7.55. The van der Waals surface area contributed by atoms with Crippen molar-refractivity contribution >= 4 is 17.7 Å². The summed E-state index contributed by atoms with van der Waals surface area (Å²) in [7, 11) is 0. The van der Waals surface area contributed by atoms with Crippen molar-refractivity contribution in [3.63, 3.8) is 0 Å². The minimum absolute atomic E-state index is 0.0375. The number of hydrogen-bond acceptors (Lipinski definition) is 4. The van der Waals surface area contributed by atoms with Gasteiger partial charge in [0.1, 0.15) is 24.9 Å². The number of aryl methyl sites for hydroxylation is 1. The van der Waals surface area contributed by atoms with Gasteiger partial charge in [-0.2, -0.15) is 5.26 Å². The van der Waals surface area contributed by atoms with Crippen LogP contribution < -0.4 is 14.8 Å². The highest BCUT2D eigenvalue weighted by molar-refractivity contribution is 6.09. The maximum Gasteiger partial charge on any atom is 0.266 e. The van der Waals surface area contributed by atoms with E-state index in [0.29, 0.717) is 30.4 Å². The molecule has 2 aromatic carbocycles. The van der Waals surface area contributed by atoms with Crippen molar-refractivity contribution in [1.29, 1.82) is 5.26 Å². The van der Waals surface area contributed by atoms with E-state index in [1.54, 1.807) is 24.3 Å². The fraction of sp³-hybridized carbons (Fsp3) is 0.158. The minimum Gasteiger partial charge on any atom is -0.486 e. The molecular weight excluding hydrogens is 304 g/mol. The summed E-state index contributed by atoms with van der Waals surface area (Å²) in [6.45, 7) is 2.94. The molecule has 0 atom stereocenters. The Labute approximate surface area is 140 Å². The molecule has 0 unspecified atom stereocenters. The van der Waals surface area contributed by atoms with Crippen molar-refractivity contribution in [2.24, 2.45) is 0 Å². The molecule has 1 aliphatic rings. The molecule has 1 amide bonds. The van der Waals surface area contributed by atoms with Gasteiger partial charge in [-0.25, -0.2) is 0 Å². The van der Waals surface area contributed by atoms with Crippen LogP contribution in [-0.4, -0.2) is 19.1 Å². The molecule has 0 fully saturated rings. The normalized spacial score (nSPS) is 13.1. The third-order valence-corrected chi connectivity index (χ3v) is 3.52. The van der Waals surface area contributed by atoms with Crippen LogP contribution in [0.5, 0.6) is 11.5 Å². The van der Waals surface area contributed by atoms with Crippen molar-refractivity contribution in [3.05, 3.63) is 59.2 Å². The molecule has 0 saturated carbocycles. The van der Waals surface area contributed by atoms with Gasteiger partial charge < -0.3 is 14.8 Å². The van der Waals surface area contributed by atoms with E-state index in [4.69, 9.17) is 9.47 Å². The Hall–Kier alpha value is -3.26. The summed E-state index contributed by atoms with van der Waals surface area (Å²) >= 11 is 0. The molecule has 0 aromatic heterocycles. The van der Waals surface area contributed by atoms with Crippen LogP contribution >= 0.6 is 0 Å². The van der Waals surface area contributed by atoms with Gasteiger partial charge in [0.05, 0.1) is 0 Å². The number of amides is 1. The Morgan fingerprint density at radius 2 is 1.96 bits per heavy atom. The second-order valence-electron chi connectivity index (χ2n) is 5.40. The largest absolute Gasteiger partial charge is 0.486 e. The number of ether oxygens (including phenoxy) is 2. The molecule has 0 spiro atoms. The number of nitriles is 1. The van der Waals surface area contributed by atoms with Gasteiger partial charge in [0.25, 0.3) is 5.91 Å². The zero-order chi connectivity index (χ0) is 16.9. The number of hydrogen-bond donors (Lipinski definition) is 1. The zero-order valence-corrected chi connectivity index (χ0v) is 13.2. The van der Waals surface area contributed by atoms with Crippen LogP contribution in [0.25, 0.3) is 6.08 Å². The smallest absolute Gasteiger partial charge is 0.266 e. The van der Waals surface area contributed by atoms with Crippen LogP contribution in [0, 0.1) is 18.3 Å². The second kappa shape index (κ2) is 6.88. The summed E-state index contributed by atoms with van der Waals surface area (Å²) in [5.41, 5.74) is 2.46. The molecule has 3 rings (SSSR count). The fourth-order valence-electron chi connectivity index (χ4n) is 2.39. The first-order valence-electron chi connectivity index (χ1n) is 7.55. The lowest BCUT2D eigenvalue weighted by molar-refractivity contribution is -0.112. The van der Waals surface area contributed by atoms with Gasteiger partial charge in [0, 0.05) is 11.8 Å². The lowest BCUT2D eigenvalue weighted by atomic mass is 10.1. The molecule has 5 nitrogen and oxygen atoms in total. The summed E-state index contributed by atoms with van der Waals surface area (Å²) in [6, 6.07) is 14.7. The molecule has 0 bridgehead atoms. The van der Waals surface area contributed by atoms with Gasteiger partial charge in [-0.3, -0.25) is 4.79 Å². The van der Waals surface area contributed by atoms with E-state index in [1.165, 1.54) is 0 Å². The lowest BCUT2D eigenvalue weighted by Crippen LogP contribution is -2.17. The predicted octanol–water partition coefficient (Wildman–Crippen LogP) is 3.31. The van der Waals surface area contributed by atoms with Gasteiger partial charge >= 0.3 is 0 Å². The van der Waals surface area contributed by atoms with E-state index >= 15 is 0 Å². The van der Waals surface area contributed by atoms with E-state index in [9.17, 15) is 10.1 Å². The highest BCUT2D eigenvalue weighted by Gasteiger charge is 2.14. The minimum atomic E-state index is -0.462. The Balaban J connectivity index is 1.79. The molecule has 5 heteroatoms. The quantitative estimate of drug-likeness (QED) is 0.695. The summed E-state index contributed by atoms with van der Waals surface area (Å²) < 4.78 is 10.9. The van der Waals surface area contributed by atoms with Gasteiger partial charge in [-0.1, -0.05) is 29.8 Å². The van der Waals surface area contributed by atoms with Gasteiger partial charge in [-0.05, 0) is 30.7 Å². The van der Waals surface area contributed by atoms with Crippen molar-refractivity contribution < 1.29 is 14.3 Å². The second-order valence-corrected chi connectivity index (χ2v) is 5.40. The molecule has 120 valence electrons. The predicted molar refractivity (Wildman–Crippen MR) is 90.8 cm³/mol. The van der Waals surface area contributed by atoms with E-state index in [1.807, 2.05) is 37.3 Å². The van der Waals surface area contributed by atoms with Crippen LogP contribution in [0.4, 0.5) is 5.69 Å². The van der Waals surface area contributed by atoms with E-state index in [-0.39, 0.29) is 5.57 Å². The van der Waals surface area contributed by atoms with Gasteiger partial charge in [0.2, 0.25) is 0 Å². The van der Waals surface area contributed by atoms with Crippen molar-refractivity contribution in [3.8, 4) is 17.6 Å². The molecule has 1 N–H and O–H groups in total. The number of nitrogens with zero attached hydrogens (tertiary/aromatic N) is 1. The molecule has 1 heterocycles. The average Bonchev–Trinajstić information content (AvgIpc) is 2.59. The van der Waals surface area contributed by atoms with Crippen molar-refractivity contribution in [1.82, 2.24) is 0 Å². The maximum atomic E-state index is 12.3. The SMILES string of the molecule is Cc1cccc(C=C(C#N)C(=O)Nc2ccc3c(c2)OCCO3)c1. The highest BCUT2D eigenvalue weighted by Crippen LogP contribution is 2.32. The van der Waals surface area contributed by atoms with Crippen LogP contribution in [0.2, 0.25) is 0 Å². The number of fused-ring (bicyclic) bond motifs is 1. The first-order chi connectivity index (χ1) is 11.7. The van der Waals surface area contributed by atoms with E-state index in [0.717, 1.165) is 11.1 Å². The molecule has 0 aliphatic carbocycles. The standard InChI is InChI=1S/C19H16N2O3/c1-13-3-2-4-14(9-13)10-15(12-20)19(22)21-16-5-6-17-18(11-16)24-8-7-23-17/h2-6,9-11H,7-8H2,1H3,(H,21,22). The average molecular weight is 320 g/mol. The third-order valence-electron chi connectivity index (χ3n) is 3.52. The number of carbonyl (C=O) groups excluding carboxylic acids is 1. The summed E-state index contributed by atoms with van der Waals surface area (Å²) in [6.07, 6.45) is 1.57. The Kier molecular flexibility index (Phi) is 4.48. The molecule has 2 aromatic rings. The fourth-order valence-corrected chi connectivity index (χ4v) is 2.39. The maximum absolute atomic E-state index is 12.3. The summed E-state index contributed by atoms with van der Waals surface area (Å²) in [4.78, 5) is 12.3. The Morgan fingerprint density at radius 1 is 1.17 bits per heavy atom. The Bertz CT molecular complexity index is 850. The number of anilines is 1. The Morgan fingerprint density at radius 3 is 2.71 bits per heavy atom. The molecule has 1 aliphatic heterocycles. The van der Waals surface area contributed by atoms with Crippen molar-refractivity contribution in [2.75, 3.05) is 18.5 Å². The number of rotatable bonds is 3. The van der Waals surface area contributed by atoms with Gasteiger partial charge in [-0.15, -0.1) is 0 Å². The number of carbonyl (C=O) groups is 1. The zero-order valence-electron chi connectivity index (χ0n) is 13.2. The third kappa shape index (κ3) is 3.55. The van der Waals surface area contributed by atoms with Crippen LogP contribution in [-0.2, 0) is 4.79 Å². The lowest BCUT2D eigenvalue weighted by Gasteiger charge is -2.18. The summed E-state index contributed by atoms with van der Waals surface area (Å²) in [5.74, 6) is 0.769. The van der Waals surface area contributed by atoms with Gasteiger partial charge in [0.15, 0.2) is 11.5 Å². The number of nitrogens with one attached hydrogen (secondary N) is 1. The van der Waals surface area contributed by atoms with E-state index < -0.39 is 5.91 Å². The van der Waals surface area contributed by atoms with Crippen molar-refractivity contribution in [2.45, 2.75) is 6.92 Å². The van der Waals surface area contributed by atoms with E-state index in [2.05, 4.69) is 5.32 Å². The first kappa shape index (κ1) is 15.6. The molecule has 24 heavy (non-hydrogen) atoms. The molecular formula is C19H16N2O3. The van der Waals surface area contributed by atoms with Crippen LogP contribution in [0.15, 0.2) is 48.0 Å².